The van der Waals surface area contributed by atoms with Gasteiger partial charge in [-0.3, -0.25) is 9.78 Å². The molecular weight excluding hydrogens is 318 g/mol. The quantitative estimate of drug-likeness (QED) is 0.913. The number of likely N-dealkylation sites (N-methyl/N-ethyl adjacent to an activating group) is 1. The Bertz CT molecular complexity index is 615. The van der Waals surface area contributed by atoms with E-state index in [1.54, 1.807) is 18.1 Å². The SMILES string of the molecule is CCN(C)C(=O)CNCc1ccc(Br)c2cccnc12. The molecule has 0 spiro atoms. The molecule has 20 heavy (non-hydrogen) atoms. The molecule has 0 atom stereocenters. The maximum Gasteiger partial charge on any atom is 0.236 e. The summed E-state index contributed by atoms with van der Waals surface area (Å²) in [7, 11) is 1.81. The lowest BCUT2D eigenvalue weighted by Gasteiger charge is -2.15. The normalized spacial score (nSPS) is 10.8. The van der Waals surface area contributed by atoms with Crippen LogP contribution in [0.25, 0.3) is 10.9 Å². The summed E-state index contributed by atoms with van der Waals surface area (Å²) in [5.74, 6) is 0.0990. The van der Waals surface area contributed by atoms with E-state index in [0.29, 0.717) is 13.1 Å². The van der Waals surface area contributed by atoms with Gasteiger partial charge < -0.3 is 10.2 Å². The zero-order valence-corrected chi connectivity index (χ0v) is 13.3. The number of halogens is 1. The lowest BCUT2D eigenvalue weighted by Crippen LogP contribution is -2.35. The molecule has 0 aliphatic rings. The first-order chi connectivity index (χ1) is 9.63. The smallest absolute Gasteiger partial charge is 0.236 e. The molecule has 0 unspecified atom stereocenters. The van der Waals surface area contributed by atoms with Gasteiger partial charge in [-0.2, -0.15) is 0 Å². The average molecular weight is 336 g/mol. The van der Waals surface area contributed by atoms with E-state index in [1.165, 1.54) is 0 Å². The van der Waals surface area contributed by atoms with Crippen LogP contribution in [-0.4, -0.2) is 35.9 Å². The first-order valence-electron chi connectivity index (χ1n) is 6.60. The van der Waals surface area contributed by atoms with Crippen LogP contribution in [0.2, 0.25) is 0 Å². The number of nitrogens with one attached hydrogen (secondary N) is 1. The molecule has 1 aromatic carbocycles. The number of amides is 1. The number of carbonyl (C=O) groups is 1. The van der Waals surface area contributed by atoms with Crippen LogP contribution in [0, 0.1) is 0 Å². The van der Waals surface area contributed by atoms with Crippen molar-refractivity contribution in [3.05, 3.63) is 40.5 Å². The van der Waals surface area contributed by atoms with E-state index in [4.69, 9.17) is 0 Å². The molecule has 106 valence electrons. The van der Waals surface area contributed by atoms with Crippen molar-refractivity contribution in [1.29, 1.82) is 0 Å². The molecule has 0 bridgehead atoms. The number of pyridine rings is 1. The highest BCUT2D eigenvalue weighted by atomic mass is 79.9. The third-order valence-electron chi connectivity index (χ3n) is 3.29. The Labute approximate surface area is 127 Å². The monoisotopic (exact) mass is 335 g/mol. The Morgan fingerprint density at radius 3 is 2.95 bits per heavy atom. The molecule has 4 nitrogen and oxygen atoms in total. The lowest BCUT2D eigenvalue weighted by molar-refractivity contribution is -0.128. The highest BCUT2D eigenvalue weighted by molar-refractivity contribution is 9.10. The van der Waals surface area contributed by atoms with Crippen LogP contribution in [0.5, 0.6) is 0 Å². The summed E-state index contributed by atoms with van der Waals surface area (Å²) in [5, 5.41) is 4.27. The van der Waals surface area contributed by atoms with Crippen LogP contribution < -0.4 is 5.32 Å². The molecular formula is C15H18BrN3O. The van der Waals surface area contributed by atoms with Gasteiger partial charge >= 0.3 is 0 Å². The van der Waals surface area contributed by atoms with E-state index >= 15 is 0 Å². The highest BCUT2D eigenvalue weighted by Gasteiger charge is 2.08. The Morgan fingerprint density at radius 2 is 2.20 bits per heavy atom. The van der Waals surface area contributed by atoms with E-state index in [2.05, 4.69) is 26.2 Å². The number of fused-ring (bicyclic) bond motifs is 1. The lowest BCUT2D eigenvalue weighted by atomic mass is 10.1. The molecule has 1 N–H and O–H groups in total. The summed E-state index contributed by atoms with van der Waals surface area (Å²) in [6.07, 6.45) is 1.79. The topological polar surface area (TPSA) is 45.2 Å². The van der Waals surface area contributed by atoms with Gasteiger partial charge in [0.15, 0.2) is 0 Å². The number of aromatic nitrogens is 1. The Kier molecular flexibility index (Phi) is 5.09. The van der Waals surface area contributed by atoms with E-state index < -0.39 is 0 Å². The van der Waals surface area contributed by atoms with E-state index in [-0.39, 0.29) is 5.91 Å². The van der Waals surface area contributed by atoms with Crippen LogP contribution in [0.4, 0.5) is 0 Å². The van der Waals surface area contributed by atoms with Gasteiger partial charge in [0.1, 0.15) is 0 Å². The second-order valence-electron chi connectivity index (χ2n) is 4.62. The van der Waals surface area contributed by atoms with Crippen molar-refractivity contribution in [2.75, 3.05) is 20.1 Å². The van der Waals surface area contributed by atoms with Crippen LogP contribution in [0.15, 0.2) is 34.9 Å². The van der Waals surface area contributed by atoms with Crippen molar-refractivity contribution in [2.24, 2.45) is 0 Å². The van der Waals surface area contributed by atoms with Gasteiger partial charge in [-0.05, 0) is 24.6 Å². The first-order valence-corrected chi connectivity index (χ1v) is 7.39. The molecule has 5 heteroatoms. The molecule has 0 aliphatic heterocycles. The summed E-state index contributed by atoms with van der Waals surface area (Å²) in [5.41, 5.74) is 2.06. The number of benzene rings is 1. The average Bonchev–Trinajstić information content (AvgIpc) is 2.49. The minimum absolute atomic E-state index is 0.0990. The fraction of sp³-hybridized carbons (Fsp3) is 0.333. The van der Waals surface area contributed by atoms with E-state index in [9.17, 15) is 4.79 Å². The maximum absolute atomic E-state index is 11.7. The Morgan fingerprint density at radius 1 is 1.40 bits per heavy atom. The predicted molar refractivity (Wildman–Crippen MR) is 84.5 cm³/mol. The van der Waals surface area contributed by atoms with Gasteiger partial charge in [0, 0.05) is 36.2 Å². The van der Waals surface area contributed by atoms with E-state index in [0.717, 1.165) is 27.5 Å². The van der Waals surface area contributed by atoms with Crippen molar-refractivity contribution in [3.63, 3.8) is 0 Å². The molecule has 1 aromatic heterocycles. The number of carbonyl (C=O) groups excluding carboxylic acids is 1. The molecule has 0 fully saturated rings. The van der Waals surface area contributed by atoms with Gasteiger partial charge in [-0.1, -0.05) is 28.1 Å². The predicted octanol–water partition coefficient (Wildman–Crippen LogP) is 2.57. The van der Waals surface area contributed by atoms with Crippen LogP contribution in [0.1, 0.15) is 12.5 Å². The summed E-state index contributed by atoms with van der Waals surface area (Å²) < 4.78 is 1.03. The maximum atomic E-state index is 11.7. The number of nitrogens with zero attached hydrogens (tertiary/aromatic N) is 2. The molecule has 2 rings (SSSR count). The number of rotatable bonds is 5. The second kappa shape index (κ2) is 6.81. The third-order valence-corrected chi connectivity index (χ3v) is 3.98. The van der Waals surface area contributed by atoms with Crippen molar-refractivity contribution < 1.29 is 4.79 Å². The largest absolute Gasteiger partial charge is 0.345 e. The fourth-order valence-electron chi connectivity index (χ4n) is 1.95. The van der Waals surface area contributed by atoms with Crippen molar-refractivity contribution in [3.8, 4) is 0 Å². The van der Waals surface area contributed by atoms with Crippen LogP contribution in [-0.2, 0) is 11.3 Å². The Hall–Kier alpha value is -1.46. The molecule has 0 saturated heterocycles. The van der Waals surface area contributed by atoms with Crippen LogP contribution >= 0.6 is 15.9 Å². The van der Waals surface area contributed by atoms with Gasteiger partial charge in [-0.15, -0.1) is 0 Å². The highest BCUT2D eigenvalue weighted by Crippen LogP contribution is 2.24. The summed E-state index contributed by atoms with van der Waals surface area (Å²) >= 11 is 3.53. The molecule has 1 amide bonds. The summed E-state index contributed by atoms with van der Waals surface area (Å²) in [4.78, 5) is 17.8. The van der Waals surface area contributed by atoms with Gasteiger partial charge in [-0.25, -0.2) is 0 Å². The number of hydrogen-bond donors (Lipinski definition) is 1. The third kappa shape index (κ3) is 3.35. The number of hydrogen-bond acceptors (Lipinski definition) is 3. The summed E-state index contributed by atoms with van der Waals surface area (Å²) in [6, 6.07) is 8.00. The molecule has 0 saturated carbocycles. The van der Waals surface area contributed by atoms with Gasteiger partial charge in [0.25, 0.3) is 0 Å². The minimum atomic E-state index is 0.0990. The Balaban J connectivity index is 2.07. The van der Waals surface area contributed by atoms with Gasteiger partial charge in [0.2, 0.25) is 5.91 Å². The molecule has 0 radical (unpaired) electrons. The summed E-state index contributed by atoms with van der Waals surface area (Å²) in [6.45, 7) is 3.66. The van der Waals surface area contributed by atoms with Gasteiger partial charge in [0.05, 0.1) is 12.1 Å². The minimum Gasteiger partial charge on any atom is -0.345 e. The molecule has 1 heterocycles. The van der Waals surface area contributed by atoms with Crippen molar-refractivity contribution in [1.82, 2.24) is 15.2 Å². The van der Waals surface area contributed by atoms with Crippen LogP contribution in [0.3, 0.4) is 0 Å². The molecule has 0 aliphatic carbocycles. The van der Waals surface area contributed by atoms with Crippen molar-refractivity contribution in [2.45, 2.75) is 13.5 Å². The van der Waals surface area contributed by atoms with E-state index in [1.807, 2.05) is 31.2 Å². The molecule has 2 aromatic rings. The first kappa shape index (κ1) is 14.9. The van der Waals surface area contributed by atoms with Crippen molar-refractivity contribution >= 4 is 32.7 Å². The zero-order chi connectivity index (χ0) is 14.5. The second-order valence-corrected chi connectivity index (χ2v) is 5.47. The zero-order valence-electron chi connectivity index (χ0n) is 11.7. The standard InChI is InChI=1S/C15H18BrN3O/c1-3-19(2)14(20)10-17-9-11-6-7-13(16)12-5-4-8-18-15(11)12/h4-8,17H,3,9-10H2,1-2H3. The fourth-order valence-corrected chi connectivity index (χ4v) is 2.41.